The average Bonchev–Trinajstić information content (AvgIpc) is 3.26. The highest BCUT2D eigenvalue weighted by Gasteiger charge is 2.23. The fraction of sp³-hybridized carbons (Fsp3) is 0.231. The first-order valence-corrected chi connectivity index (χ1v) is 12.6. The third-order valence-corrected chi connectivity index (χ3v) is 7.28. The fourth-order valence-corrected chi connectivity index (χ4v) is 5.21. The van der Waals surface area contributed by atoms with Crippen molar-refractivity contribution in [3.63, 3.8) is 0 Å². The number of hydrogen-bond acceptors (Lipinski definition) is 7. The number of piperazine rings is 1. The second kappa shape index (κ2) is 10.5. The lowest BCUT2D eigenvalue weighted by Gasteiger charge is -2.36. The Morgan fingerprint density at radius 1 is 1.00 bits per heavy atom. The first kappa shape index (κ1) is 23.4. The van der Waals surface area contributed by atoms with Crippen LogP contribution in [0.25, 0.3) is 10.6 Å². The molecule has 0 aliphatic carbocycles. The molecule has 1 aliphatic heterocycles. The number of rotatable bonds is 6. The summed E-state index contributed by atoms with van der Waals surface area (Å²) >= 11 is 7.43. The number of halogens is 1. The van der Waals surface area contributed by atoms with Crippen molar-refractivity contribution in [3.05, 3.63) is 88.8 Å². The Morgan fingerprint density at radius 3 is 2.51 bits per heavy atom. The number of carbonyl (C=O) groups excluding carboxylic acids is 1. The molecule has 0 radical (unpaired) electrons. The van der Waals surface area contributed by atoms with E-state index in [0.717, 1.165) is 54.0 Å². The molecule has 0 spiro atoms. The van der Waals surface area contributed by atoms with Gasteiger partial charge in [-0.3, -0.25) is 20.0 Å². The molecule has 35 heavy (non-hydrogen) atoms. The minimum atomic E-state index is -0.210. The van der Waals surface area contributed by atoms with Gasteiger partial charge in [0.1, 0.15) is 5.82 Å². The summed E-state index contributed by atoms with van der Waals surface area (Å²) in [4.78, 5) is 32.3. The Balaban J connectivity index is 1.26. The molecule has 0 unspecified atom stereocenters. The van der Waals surface area contributed by atoms with Crippen molar-refractivity contribution in [2.24, 2.45) is 0 Å². The number of benzene rings is 1. The summed E-state index contributed by atoms with van der Waals surface area (Å²) < 4.78 is 0. The molecule has 1 saturated heterocycles. The zero-order valence-electron chi connectivity index (χ0n) is 19.3. The van der Waals surface area contributed by atoms with Crippen LogP contribution in [0.1, 0.15) is 21.6 Å². The summed E-state index contributed by atoms with van der Waals surface area (Å²) in [6.45, 7) is 6.17. The van der Waals surface area contributed by atoms with Gasteiger partial charge in [-0.2, -0.15) is 0 Å². The number of anilines is 2. The molecule has 1 aromatic carbocycles. The molecule has 5 rings (SSSR count). The molecule has 1 aliphatic rings. The van der Waals surface area contributed by atoms with E-state index in [2.05, 4.69) is 42.2 Å². The molecular formula is C26H25ClN6OS. The predicted molar refractivity (Wildman–Crippen MR) is 141 cm³/mol. The number of nitrogens with zero attached hydrogens (tertiary/aromatic N) is 5. The highest BCUT2D eigenvalue weighted by Crippen LogP contribution is 2.32. The van der Waals surface area contributed by atoms with Crippen LogP contribution in [0.15, 0.2) is 67.0 Å². The monoisotopic (exact) mass is 504 g/mol. The molecule has 1 N–H and O–H groups in total. The van der Waals surface area contributed by atoms with Crippen LogP contribution in [-0.2, 0) is 6.54 Å². The topological polar surface area (TPSA) is 74.2 Å². The summed E-state index contributed by atoms with van der Waals surface area (Å²) in [6, 6.07) is 17.4. The van der Waals surface area contributed by atoms with Gasteiger partial charge in [0.05, 0.1) is 21.8 Å². The third-order valence-electron chi connectivity index (χ3n) is 5.94. The van der Waals surface area contributed by atoms with E-state index in [4.69, 9.17) is 11.6 Å². The van der Waals surface area contributed by atoms with Crippen LogP contribution in [0.3, 0.4) is 0 Å². The highest BCUT2D eigenvalue weighted by molar-refractivity contribution is 7.19. The summed E-state index contributed by atoms with van der Waals surface area (Å²) in [5.74, 6) is 0.493. The van der Waals surface area contributed by atoms with Gasteiger partial charge in [0, 0.05) is 50.1 Å². The predicted octanol–water partition coefficient (Wildman–Crippen LogP) is 5.14. The Morgan fingerprint density at radius 2 is 1.77 bits per heavy atom. The van der Waals surface area contributed by atoms with E-state index in [9.17, 15) is 4.79 Å². The van der Waals surface area contributed by atoms with Crippen molar-refractivity contribution < 1.29 is 4.79 Å². The molecule has 4 aromatic rings. The Kier molecular flexibility index (Phi) is 7.03. The number of thiazole rings is 1. The van der Waals surface area contributed by atoms with Crippen molar-refractivity contribution >= 4 is 39.8 Å². The van der Waals surface area contributed by atoms with Gasteiger partial charge in [-0.1, -0.05) is 41.1 Å². The first-order valence-electron chi connectivity index (χ1n) is 11.4. The van der Waals surface area contributed by atoms with Crippen molar-refractivity contribution in [3.8, 4) is 10.6 Å². The van der Waals surface area contributed by atoms with Crippen LogP contribution in [0.2, 0.25) is 5.02 Å². The molecule has 0 bridgehead atoms. The smallest absolute Gasteiger partial charge is 0.261 e. The maximum Gasteiger partial charge on any atom is 0.261 e. The van der Waals surface area contributed by atoms with E-state index in [1.54, 1.807) is 18.5 Å². The van der Waals surface area contributed by atoms with E-state index >= 15 is 0 Å². The van der Waals surface area contributed by atoms with Gasteiger partial charge in [0.15, 0.2) is 5.13 Å². The van der Waals surface area contributed by atoms with E-state index in [0.29, 0.717) is 16.5 Å². The fourth-order valence-electron chi connectivity index (χ4n) is 4.14. The summed E-state index contributed by atoms with van der Waals surface area (Å²) in [6.07, 6.45) is 3.49. The highest BCUT2D eigenvalue weighted by atomic mass is 35.5. The van der Waals surface area contributed by atoms with Crippen LogP contribution >= 0.6 is 22.9 Å². The lowest BCUT2D eigenvalue weighted by molar-refractivity contribution is 0.102. The second-order valence-corrected chi connectivity index (χ2v) is 9.80. The standard InChI is InChI=1S/C26H25ClN6OS/c1-18-23(22-6-2-3-11-28-22)35-26(30-18)31-25(34)21-5-4-12-29-24(21)33-15-13-32(14-16-33)17-19-7-9-20(27)10-8-19/h2-12H,13-17H2,1H3,(H,30,31,34). The largest absolute Gasteiger partial charge is 0.353 e. The normalized spacial score (nSPS) is 14.2. The van der Waals surface area contributed by atoms with E-state index in [1.165, 1.54) is 16.9 Å². The Bertz CT molecular complexity index is 1300. The quantitative estimate of drug-likeness (QED) is 0.392. The maximum atomic E-state index is 13.2. The summed E-state index contributed by atoms with van der Waals surface area (Å²) in [5, 5.41) is 4.27. The van der Waals surface area contributed by atoms with Gasteiger partial charge >= 0.3 is 0 Å². The van der Waals surface area contributed by atoms with Crippen molar-refractivity contribution in [2.75, 3.05) is 36.4 Å². The zero-order chi connectivity index (χ0) is 24.2. The number of aromatic nitrogens is 3. The number of amides is 1. The Labute approximate surface area is 213 Å². The average molecular weight is 505 g/mol. The van der Waals surface area contributed by atoms with Crippen LogP contribution in [-0.4, -0.2) is 51.9 Å². The number of pyridine rings is 2. The number of aryl methyl sites for hydroxylation is 1. The molecular weight excluding hydrogens is 480 g/mol. The van der Waals surface area contributed by atoms with Gasteiger partial charge < -0.3 is 4.90 Å². The second-order valence-electron chi connectivity index (χ2n) is 8.37. The minimum absolute atomic E-state index is 0.210. The summed E-state index contributed by atoms with van der Waals surface area (Å²) in [5.41, 5.74) is 3.48. The molecule has 3 aromatic heterocycles. The van der Waals surface area contributed by atoms with Crippen LogP contribution in [0, 0.1) is 6.92 Å². The lowest BCUT2D eigenvalue weighted by Crippen LogP contribution is -2.46. The van der Waals surface area contributed by atoms with Gasteiger partial charge in [0.2, 0.25) is 0 Å². The molecule has 9 heteroatoms. The third kappa shape index (κ3) is 5.51. The number of carbonyl (C=O) groups is 1. The number of nitrogens with one attached hydrogen (secondary N) is 1. The van der Waals surface area contributed by atoms with Gasteiger partial charge in [-0.25, -0.2) is 9.97 Å². The molecule has 7 nitrogen and oxygen atoms in total. The van der Waals surface area contributed by atoms with Crippen molar-refractivity contribution in [1.29, 1.82) is 0 Å². The van der Waals surface area contributed by atoms with Crippen molar-refractivity contribution in [2.45, 2.75) is 13.5 Å². The zero-order valence-corrected chi connectivity index (χ0v) is 20.9. The van der Waals surface area contributed by atoms with Crippen LogP contribution in [0.5, 0.6) is 0 Å². The molecule has 178 valence electrons. The van der Waals surface area contributed by atoms with Crippen LogP contribution in [0.4, 0.5) is 10.9 Å². The van der Waals surface area contributed by atoms with Crippen LogP contribution < -0.4 is 10.2 Å². The molecule has 1 amide bonds. The maximum absolute atomic E-state index is 13.2. The minimum Gasteiger partial charge on any atom is -0.353 e. The van der Waals surface area contributed by atoms with Crippen molar-refractivity contribution in [1.82, 2.24) is 19.9 Å². The first-order chi connectivity index (χ1) is 17.1. The van der Waals surface area contributed by atoms with E-state index in [-0.39, 0.29) is 5.91 Å². The molecule has 0 atom stereocenters. The molecule has 1 fully saturated rings. The lowest BCUT2D eigenvalue weighted by atomic mass is 10.1. The SMILES string of the molecule is Cc1nc(NC(=O)c2cccnc2N2CCN(Cc3ccc(Cl)cc3)CC2)sc1-c1ccccn1. The Hall–Kier alpha value is -3.33. The van der Waals surface area contributed by atoms with Gasteiger partial charge in [0.25, 0.3) is 5.91 Å². The van der Waals surface area contributed by atoms with Gasteiger partial charge in [-0.05, 0) is 48.9 Å². The molecule has 4 heterocycles. The number of hydrogen-bond donors (Lipinski definition) is 1. The summed E-state index contributed by atoms with van der Waals surface area (Å²) in [7, 11) is 0. The molecule has 0 saturated carbocycles. The van der Waals surface area contributed by atoms with E-state index in [1.807, 2.05) is 43.3 Å². The van der Waals surface area contributed by atoms with E-state index < -0.39 is 0 Å². The van der Waals surface area contributed by atoms with Gasteiger partial charge in [-0.15, -0.1) is 0 Å².